The Morgan fingerprint density at radius 1 is 1.26 bits per heavy atom. The molecule has 1 amide bonds. The first-order chi connectivity index (χ1) is 8.84. The van der Waals surface area contributed by atoms with Gasteiger partial charge in [-0.3, -0.25) is 9.59 Å². The summed E-state index contributed by atoms with van der Waals surface area (Å²) in [5.41, 5.74) is 0. The Balaban J connectivity index is 2.01. The highest BCUT2D eigenvalue weighted by molar-refractivity contribution is 7.91. The highest BCUT2D eigenvalue weighted by Crippen LogP contribution is 2.28. The maximum absolute atomic E-state index is 12.2. The lowest BCUT2D eigenvalue weighted by atomic mass is 9.99. The molecular formula is C12H19NO5S. The van der Waals surface area contributed by atoms with Crippen LogP contribution in [0.3, 0.4) is 0 Å². The van der Waals surface area contributed by atoms with Gasteiger partial charge in [0.2, 0.25) is 5.91 Å². The van der Waals surface area contributed by atoms with Crippen LogP contribution in [0.2, 0.25) is 0 Å². The molecule has 19 heavy (non-hydrogen) atoms. The minimum Gasteiger partial charge on any atom is -0.469 e. The van der Waals surface area contributed by atoms with Crippen LogP contribution in [-0.2, 0) is 24.2 Å². The van der Waals surface area contributed by atoms with Crippen molar-refractivity contribution in [3.05, 3.63) is 0 Å². The summed E-state index contributed by atoms with van der Waals surface area (Å²) < 4.78 is 27.5. The Hall–Kier alpha value is -1.11. The summed E-state index contributed by atoms with van der Waals surface area (Å²) in [5.74, 6) is -1.09. The van der Waals surface area contributed by atoms with Crippen molar-refractivity contribution in [1.82, 2.24) is 4.90 Å². The van der Waals surface area contributed by atoms with E-state index in [0.29, 0.717) is 19.5 Å². The number of hydrogen-bond donors (Lipinski definition) is 0. The van der Waals surface area contributed by atoms with Crippen molar-refractivity contribution >= 4 is 21.7 Å². The van der Waals surface area contributed by atoms with Crippen LogP contribution in [-0.4, -0.2) is 56.9 Å². The second kappa shape index (κ2) is 5.11. The number of amides is 1. The van der Waals surface area contributed by atoms with Gasteiger partial charge in [-0.2, -0.15) is 0 Å². The molecule has 2 fully saturated rings. The monoisotopic (exact) mass is 289 g/mol. The molecule has 6 nitrogen and oxygen atoms in total. The van der Waals surface area contributed by atoms with Gasteiger partial charge in [-0.05, 0) is 12.3 Å². The lowest BCUT2D eigenvalue weighted by Gasteiger charge is -2.19. The van der Waals surface area contributed by atoms with Gasteiger partial charge < -0.3 is 9.64 Å². The first-order valence-electron chi connectivity index (χ1n) is 6.41. The van der Waals surface area contributed by atoms with E-state index in [1.807, 2.05) is 6.92 Å². The van der Waals surface area contributed by atoms with Gasteiger partial charge in [0.05, 0.1) is 30.5 Å². The highest BCUT2D eigenvalue weighted by Gasteiger charge is 2.42. The number of likely N-dealkylation sites (tertiary alicyclic amines) is 1. The molecule has 3 unspecified atom stereocenters. The third-order valence-corrected chi connectivity index (χ3v) is 5.78. The Morgan fingerprint density at radius 2 is 1.95 bits per heavy atom. The van der Waals surface area contributed by atoms with Gasteiger partial charge in [0.1, 0.15) is 0 Å². The number of esters is 1. The quantitative estimate of drug-likeness (QED) is 0.651. The zero-order valence-corrected chi connectivity index (χ0v) is 12.0. The number of hydrogen-bond acceptors (Lipinski definition) is 5. The van der Waals surface area contributed by atoms with Gasteiger partial charge in [0.25, 0.3) is 0 Å². The second-order valence-corrected chi connectivity index (χ2v) is 7.68. The van der Waals surface area contributed by atoms with Crippen molar-refractivity contribution in [1.29, 1.82) is 0 Å². The van der Waals surface area contributed by atoms with Crippen LogP contribution in [0.1, 0.15) is 13.3 Å². The molecule has 0 aromatic heterocycles. The molecule has 3 atom stereocenters. The Labute approximate surface area is 113 Å². The van der Waals surface area contributed by atoms with Crippen LogP contribution in [0.15, 0.2) is 0 Å². The van der Waals surface area contributed by atoms with E-state index < -0.39 is 15.8 Å². The minimum atomic E-state index is -3.06. The number of sulfone groups is 1. The molecule has 0 saturated carbocycles. The summed E-state index contributed by atoms with van der Waals surface area (Å²) in [6.07, 6.45) is 0.398. The first kappa shape index (κ1) is 14.3. The zero-order valence-electron chi connectivity index (χ0n) is 11.2. The molecule has 0 N–H and O–H groups in total. The molecule has 0 aromatic carbocycles. The van der Waals surface area contributed by atoms with Gasteiger partial charge in [0.15, 0.2) is 9.84 Å². The number of carbonyl (C=O) groups excluding carboxylic acids is 2. The molecule has 2 saturated heterocycles. The zero-order chi connectivity index (χ0) is 14.2. The largest absolute Gasteiger partial charge is 0.469 e. The Kier molecular flexibility index (Phi) is 3.85. The van der Waals surface area contributed by atoms with E-state index in [2.05, 4.69) is 0 Å². The molecule has 0 spiro atoms. The summed E-state index contributed by atoms with van der Waals surface area (Å²) in [4.78, 5) is 25.4. The molecule has 108 valence electrons. The van der Waals surface area contributed by atoms with Gasteiger partial charge in [-0.25, -0.2) is 8.42 Å². The van der Waals surface area contributed by atoms with Gasteiger partial charge in [-0.15, -0.1) is 0 Å². The van der Waals surface area contributed by atoms with E-state index in [4.69, 9.17) is 4.74 Å². The topological polar surface area (TPSA) is 80.8 Å². The molecular weight excluding hydrogens is 270 g/mol. The van der Waals surface area contributed by atoms with Crippen molar-refractivity contribution in [3.63, 3.8) is 0 Å². The number of rotatable bonds is 2. The molecule has 0 radical (unpaired) electrons. The summed E-state index contributed by atoms with van der Waals surface area (Å²) >= 11 is 0. The lowest BCUT2D eigenvalue weighted by Crippen LogP contribution is -2.35. The predicted octanol–water partition coefficient (Wildman–Crippen LogP) is -0.311. The van der Waals surface area contributed by atoms with Crippen LogP contribution in [0.25, 0.3) is 0 Å². The van der Waals surface area contributed by atoms with Crippen LogP contribution in [0.4, 0.5) is 0 Å². The smallest absolute Gasteiger partial charge is 0.310 e. The number of nitrogens with zero attached hydrogens (tertiary/aromatic N) is 1. The summed E-state index contributed by atoms with van der Waals surface area (Å²) in [5, 5.41) is 0. The Bertz CT molecular complexity index is 486. The average molecular weight is 289 g/mol. The molecule has 0 bridgehead atoms. The Morgan fingerprint density at radius 3 is 2.47 bits per heavy atom. The molecule has 0 aliphatic carbocycles. The first-order valence-corrected chi connectivity index (χ1v) is 8.23. The van der Waals surface area contributed by atoms with E-state index in [9.17, 15) is 18.0 Å². The average Bonchev–Trinajstić information content (AvgIpc) is 2.90. The van der Waals surface area contributed by atoms with E-state index >= 15 is 0 Å². The predicted molar refractivity (Wildman–Crippen MR) is 68.0 cm³/mol. The van der Waals surface area contributed by atoms with E-state index in [1.165, 1.54) is 7.11 Å². The van der Waals surface area contributed by atoms with Crippen molar-refractivity contribution < 1.29 is 22.7 Å². The van der Waals surface area contributed by atoms with Crippen molar-refractivity contribution in [2.24, 2.45) is 17.8 Å². The molecule has 2 rings (SSSR count). The van der Waals surface area contributed by atoms with Crippen molar-refractivity contribution in [2.75, 3.05) is 31.7 Å². The molecule has 2 aliphatic heterocycles. The van der Waals surface area contributed by atoms with E-state index in [0.717, 1.165) is 0 Å². The summed E-state index contributed by atoms with van der Waals surface area (Å²) in [6.45, 7) is 2.73. The number of carbonyl (C=O) groups is 2. The van der Waals surface area contributed by atoms with Gasteiger partial charge in [-0.1, -0.05) is 6.92 Å². The maximum atomic E-state index is 12.2. The lowest BCUT2D eigenvalue weighted by molar-refractivity contribution is -0.146. The van der Waals surface area contributed by atoms with Crippen LogP contribution < -0.4 is 0 Å². The second-order valence-electron chi connectivity index (χ2n) is 5.45. The van der Waals surface area contributed by atoms with Crippen LogP contribution in [0, 0.1) is 17.8 Å². The third kappa shape index (κ3) is 2.91. The van der Waals surface area contributed by atoms with Gasteiger partial charge >= 0.3 is 5.97 Å². The molecule has 2 aliphatic rings. The normalized spacial score (nSPS) is 33.4. The number of ether oxygens (including phenoxy) is 1. The van der Waals surface area contributed by atoms with E-state index in [1.54, 1.807) is 4.90 Å². The fourth-order valence-electron chi connectivity index (χ4n) is 2.85. The van der Waals surface area contributed by atoms with Crippen LogP contribution in [0.5, 0.6) is 0 Å². The van der Waals surface area contributed by atoms with Crippen molar-refractivity contribution in [3.8, 4) is 0 Å². The number of methoxy groups -OCH3 is 1. The maximum Gasteiger partial charge on any atom is 0.310 e. The standard InChI is InChI=1S/C12H19NO5S/c1-8-5-13(6-10(8)12(15)18-2)11(14)9-3-4-19(16,17)7-9/h8-10H,3-7H2,1-2H3. The summed E-state index contributed by atoms with van der Waals surface area (Å²) in [7, 11) is -1.72. The molecule has 7 heteroatoms. The highest BCUT2D eigenvalue weighted by atomic mass is 32.2. The molecule has 2 heterocycles. The third-order valence-electron chi connectivity index (χ3n) is 4.01. The van der Waals surface area contributed by atoms with E-state index in [-0.39, 0.29) is 35.2 Å². The van der Waals surface area contributed by atoms with Crippen molar-refractivity contribution in [2.45, 2.75) is 13.3 Å². The summed E-state index contributed by atoms with van der Waals surface area (Å²) in [6, 6.07) is 0. The molecule has 0 aromatic rings. The fourth-order valence-corrected chi connectivity index (χ4v) is 4.59. The van der Waals surface area contributed by atoms with Crippen LogP contribution >= 0.6 is 0 Å². The SMILES string of the molecule is COC(=O)C1CN(C(=O)C2CCS(=O)(=O)C2)CC1C. The fraction of sp³-hybridized carbons (Fsp3) is 0.833. The van der Waals surface area contributed by atoms with Gasteiger partial charge in [0, 0.05) is 13.1 Å². The minimum absolute atomic E-state index is 0.0504.